The molecule has 6 heteroatoms. The number of imide groups is 1. The van der Waals surface area contributed by atoms with Crippen LogP contribution in [0.25, 0.3) is 0 Å². The van der Waals surface area contributed by atoms with Crippen molar-refractivity contribution in [1.29, 1.82) is 0 Å². The Hall–Kier alpha value is -1.92. The van der Waals surface area contributed by atoms with Crippen molar-refractivity contribution >= 4 is 11.9 Å². The zero-order valence-corrected chi connectivity index (χ0v) is 12.9. The zero-order valence-electron chi connectivity index (χ0n) is 12.9. The van der Waals surface area contributed by atoms with Crippen LogP contribution in [-0.2, 0) is 10.2 Å². The minimum absolute atomic E-state index is 0.124. The number of fused-ring (bicyclic) bond motifs is 1. The topological polar surface area (TPSA) is 64.7 Å². The summed E-state index contributed by atoms with van der Waals surface area (Å²) in [5.74, 6) is -0.0169. The third kappa shape index (κ3) is 1.55. The van der Waals surface area contributed by atoms with Crippen LogP contribution in [0.1, 0.15) is 5.56 Å². The molecule has 6 nitrogen and oxygen atoms in total. The molecule has 0 radical (unpaired) electrons. The Bertz CT molecular complexity index is 675. The molecule has 3 amide bonds. The summed E-state index contributed by atoms with van der Waals surface area (Å²) in [7, 11) is 0. The number of hydrogen-bond acceptors (Lipinski definition) is 4. The summed E-state index contributed by atoms with van der Waals surface area (Å²) in [5.41, 5.74) is -0.0519. The molecule has 2 unspecified atom stereocenters. The van der Waals surface area contributed by atoms with Crippen molar-refractivity contribution in [3.63, 3.8) is 0 Å². The second-order valence-electron chi connectivity index (χ2n) is 7.33. The second-order valence-corrected chi connectivity index (χ2v) is 7.33. The van der Waals surface area contributed by atoms with Crippen LogP contribution in [0, 0.1) is 5.92 Å². The Morgan fingerprint density at radius 3 is 2.22 bits per heavy atom. The maximum Gasteiger partial charge on any atom is 0.322 e. The summed E-state index contributed by atoms with van der Waals surface area (Å²) in [5, 5.41) is 5.60. The van der Waals surface area contributed by atoms with Crippen LogP contribution in [0.15, 0.2) is 30.3 Å². The third-order valence-electron chi connectivity index (χ3n) is 6.27. The van der Waals surface area contributed by atoms with Gasteiger partial charge in [0.15, 0.2) is 0 Å². The van der Waals surface area contributed by atoms with Crippen LogP contribution in [0.2, 0.25) is 0 Å². The van der Waals surface area contributed by atoms with E-state index in [1.54, 1.807) is 0 Å². The van der Waals surface area contributed by atoms with Crippen LogP contribution < -0.4 is 10.6 Å². The van der Waals surface area contributed by atoms with Crippen molar-refractivity contribution in [3.05, 3.63) is 35.9 Å². The Morgan fingerprint density at radius 2 is 1.65 bits per heavy atom. The Labute approximate surface area is 134 Å². The van der Waals surface area contributed by atoms with Crippen molar-refractivity contribution in [3.8, 4) is 0 Å². The number of rotatable bonds is 1. The fourth-order valence-electron chi connectivity index (χ4n) is 5.42. The predicted octanol–water partition coefficient (Wildman–Crippen LogP) is -0.236. The smallest absolute Gasteiger partial charge is 0.322 e. The maximum absolute atomic E-state index is 13.0. The first-order valence-electron chi connectivity index (χ1n) is 8.28. The highest BCUT2D eigenvalue weighted by atomic mass is 16.2. The number of piperidine rings is 2. The standard InChI is InChI=1S/C17H20N4O2/c22-14-17(19-15(23)18-14)13-8-20-6-7-21(9-13)11-16(17,10-20)12-4-2-1-3-5-12/h1-5,13H,6-11H2,(H2,18,19,22,23)/t13?,16?,17-/m0/s1. The van der Waals surface area contributed by atoms with Gasteiger partial charge in [-0.05, 0) is 5.56 Å². The van der Waals surface area contributed by atoms with E-state index in [9.17, 15) is 9.59 Å². The first-order valence-corrected chi connectivity index (χ1v) is 8.28. The van der Waals surface area contributed by atoms with Crippen LogP contribution in [0.4, 0.5) is 4.79 Å². The highest BCUT2D eigenvalue weighted by molar-refractivity contribution is 6.08. The fraction of sp³-hybridized carbons (Fsp3) is 0.529. The van der Waals surface area contributed by atoms with Crippen molar-refractivity contribution in [1.82, 2.24) is 20.4 Å². The second kappa shape index (κ2) is 4.33. The number of nitrogens with zero attached hydrogens (tertiary/aromatic N) is 2. The van der Waals surface area contributed by atoms with E-state index < -0.39 is 5.54 Å². The molecule has 1 spiro atoms. The first kappa shape index (κ1) is 13.5. The van der Waals surface area contributed by atoms with Crippen LogP contribution in [0.5, 0.6) is 0 Å². The summed E-state index contributed by atoms with van der Waals surface area (Å²) < 4.78 is 0. The molecule has 23 heavy (non-hydrogen) atoms. The minimum atomic E-state index is -0.817. The molecule has 6 rings (SSSR count). The third-order valence-corrected chi connectivity index (χ3v) is 6.27. The predicted molar refractivity (Wildman–Crippen MR) is 83.9 cm³/mol. The zero-order chi connectivity index (χ0) is 15.7. The van der Waals surface area contributed by atoms with E-state index in [0.29, 0.717) is 0 Å². The Kier molecular flexibility index (Phi) is 2.54. The van der Waals surface area contributed by atoms with Gasteiger partial charge in [0.05, 0.1) is 5.41 Å². The maximum atomic E-state index is 13.0. The normalized spacial score (nSPS) is 44.3. The largest absolute Gasteiger partial charge is 0.322 e. The van der Waals surface area contributed by atoms with Gasteiger partial charge in [-0.3, -0.25) is 10.1 Å². The minimum Gasteiger partial charge on any atom is -0.322 e. The molecule has 5 heterocycles. The van der Waals surface area contributed by atoms with Gasteiger partial charge >= 0.3 is 6.03 Å². The van der Waals surface area contributed by atoms with E-state index >= 15 is 0 Å². The molecule has 2 N–H and O–H groups in total. The lowest BCUT2D eigenvalue weighted by Gasteiger charge is -2.60. The average molecular weight is 312 g/mol. The molecule has 3 atom stereocenters. The molecule has 0 saturated carbocycles. The number of nitrogens with one attached hydrogen (secondary N) is 2. The van der Waals surface area contributed by atoms with E-state index in [4.69, 9.17) is 0 Å². The van der Waals surface area contributed by atoms with Gasteiger partial charge in [0.2, 0.25) is 0 Å². The van der Waals surface area contributed by atoms with Gasteiger partial charge in [-0.1, -0.05) is 30.3 Å². The summed E-state index contributed by atoms with van der Waals surface area (Å²) in [6.45, 7) is 5.46. The number of carbonyl (C=O) groups excluding carboxylic acids is 2. The van der Waals surface area contributed by atoms with E-state index in [-0.39, 0.29) is 23.3 Å². The Balaban J connectivity index is 1.76. The molecule has 5 fully saturated rings. The van der Waals surface area contributed by atoms with Gasteiger partial charge in [0, 0.05) is 45.2 Å². The van der Waals surface area contributed by atoms with E-state index in [1.807, 2.05) is 18.2 Å². The first-order chi connectivity index (χ1) is 11.1. The summed E-state index contributed by atoms with van der Waals surface area (Å²) in [6.07, 6.45) is 0. The van der Waals surface area contributed by atoms with Crippen LogP contribution in [0.3, 0.4) is 0 Å². The highest BCUT2D eigenvalue weighted by Crippen LogP contribution is 2.51. The molecule has 0 aromatic heterocycles. The highest BCUT2D eigenvalue weighted by Gasteiger charge is 2.70. The average Bonchev–Trinajstić information content (AvgIpc) is 2.69. The van der Waals surface area contributed by atoms with E-state index in [0.717, 1.165) is 44.8 Å². The van der Waals surface area contributed by atoms with Gasteiger partial charge in [-0.2, -0.15) is 0 Å². The molecule has 5 saturated heterocycles. The number of urea groups is 1. The van der Waals surface area contributed by atoms with Gasteiger partial charge in [-0.25, -0.2) is 4.79 Å². The molecular formula is C17H20N4O2. The molecule has 120 valence electrons. The molecule has 5 aliphatic rings. The molecule has 5 aliphatic heterocycles. The van der Waals surface area contributed by atoms with Crippen LogP contribution >= 0.6 is 0 Å². The van der Waals surface area contributed by atoms with Crippen molar-refractivity contribution in [2.24, 2.45) is 5.92 Å². The lowest BCUT2D eigenvalue weighted by Crippen LogP contribution is -2.79. The molecule has 1 aromatic carbocycles. The lowest BCUT2D eigenvalue weighted by molar-refractivity contribution is -0.137. The molecular weight excluding hydrogens is 292 g/mol. The number of amides is 3. The lowest BCUT2D eigenvalue weighted by atomic mass is 9.55. The number of carbonyl (C=O) groups is 2. The van der Waals surface area contributed by atoms with Crippen molar-refractivity contribution < 1.29 is 9.59 Å². The molecule has 4 bridgehead atoms. The number of benzene rings is 1. The monoisotopic (exact) mass is 312 g/mol. The van der Waals surface area contributed by atoms with Crippen LogP contribution in [-0.4, -0.2) is 66.5 Å². The number of hydrogen-bond donors (Lipinski definition) is 2. The summed E-state index contributed by atoms with van der Waals surface area (Å²) in [6, 6.07) is 9.91. The van der Waals surface area contributed by atoms with Gasteiger partial charge in [-0.15, -0.1) is 0 Å². The fourth-order valence-corrected chi connectivity index (χ4v) is 5.42. The summed E-state index contributed by atoms with van der Waals surface area (Å²) >= 11 is 0. The van der Waals surface area contributed by atoms with Crippen molar-refractivity contribution in [2.75, 3.05) is 39.3 Å². The van der Waals surface area contributed by atoms with Gasteiger partial charge in [0.1, 0.15) is 5.54 Å². The van der Waals surface area contributed by atoms with Gasteiger partial charge < -0.3 is 15.1 Å². The molecule has 1 aromatic rings. The van der Waals surface area contributed by atoms with Crippen molar-refractivity contribution in [2.45, 2.75) is 11.0 Å². The SMILES string of the molecule is O=C1NC(=O)[C@@]2(N1)C1CN3CCN(C1)CC2(c1ccccc1)C3. The van der Waals surface area contributed by atoms with E-state index in [2.05, 4.69) is 32.6 Å². The molecule has 0 aliphatic carbocycles. The summed E-state index contributed by atoms with van der Waals surface area (Å²) in [4.78, 5) is 29.9. The quantitative estimate of drug-likeness (QED) is 0.703. The van der Waals surface area contributed by atoms with E-state index in [1.165, 1.54) is 0 Å². The van der Waals surface area contributed by atoms with Gasteiger partial charge in [0.25, 0.3) is 5.91 Å². The Morgan fingerprint density at radius 1 is 1.00 bits per heavy atom.